The average Bonchev–Trinajstić information content (AvgIpc) is 2.65. The molecule has 0 unspecified atom stereocenters. The van der Waals surface area contributed by atoms with E-state index < -0.39 is 0 Å². The zero-order valence-corrected chi connectivity index (χ0v) is 10.8. The summed E-state index contributed by atoms with van der Waals surface area (Å²) in [7, 11) is 0. The van der Waals surface area contributed by atoms with E-state index in [9.17, 15) is 0 Å². The number of rotatable bonds is 3. The first-order valence-electron chi connectivity index (χ1n) is 4.52. The van der Waals surface area contributed by atoms with Crippen LogP contribution in [0.5, 0.6) is 5.88 Å². The first-order chi connectivity index (χ1) is 7.24. The second kappa shape index (κ2) is 4.46. The zero-order chi connectivity index (χ0) is 10.8. The van der Waals surface area contributed by atoms with Crippen LogP contribution in [0.3, 0.4) is 0 Å². The fraction of sp³-hybridized carbons (Fsp3) is 0.300. The third-order valence-corrected chi connectivity index (χ3v) is 2.76. The molecule has 0 atom stereocenters. The molecule has 1 aromatic carbocycles. The molecule has 0 aliphatic heterocycles. The molecule has 5 heteroatoms. The van der Waals surface area contributed by atoms with Gasteiger partial charge in [-0.05, 0) is 0 Å². The summed E-state index contributed by atoms with van der Waals surface area (Å²) in [4.78, 5) is 0. The third-order valence-electron chi connectivity index (χ3n) is 2.08. The molecule has 0 aliphatic carbocycles. The normalized spacial score (nSPS) is 10.9. The SMILES string of the molecule is Cc1ccc(Cl)c2onc(OCC[As])c12. The summed E-state index contributed by atoms with van der Waals surface area (Å²) in [6.07, 6.45) is 0. The van der Waals surface area contributed by atoms with Crippen molar-refractivity contribution in [2.45, 2.75) is 12.1 Å². The fourth-order valence-corrected chi connectivity index (χ4v) is 1.77. The summed E-state index contributed by atoms with van der Waals surface area (Å²) >= 11 is 8.44. The number of nitrogens with zero attached hydrogens (tertiary/aromatic N) is 1. The van der Waals surface area contributed by atoms with Crippen molar-refractivity contribution in [2.24, 2.45) is 0 Å². The summed E-state index contributed by atoms with van der Waals surface area (Å²) in [5.41, 5.74) is 1.65. The topological polar surface area (TPSA) is 35.3 Å². The van der Waals surface area contributed by atoms with Gasteiger partial charge in [0.25, 0.3) is 0 Å². The summed E-state index contributed by atoms with van der Waals surface area (Å²) < 4.78 is 10.6. The molecule has 2 radical (unpaired) electrons. The molecule has 0 aliphatic rings. The number of fused-ring (bicyclic) bond motifs is 1. The number of hydrogen-bond acceptors (Lipinski definition) is 3. The van der Waals surface area contributed by atoms with Crippen molar-refractivity contribution in [3.63, 3.8) is 0 Å². The Bertz CT molecular complexity index is 483. The minimum absolute atomic E-state index is 0.524. The molecule has 15 heavy (non-hydrogen) atoms. The summed E-state index contributed by atoms with van der Waals surface area (Å²) in [6, 6.07) is 3.72. The first-order valence-corrected chi connectivity index (χ1v) is 6.22. The van der Waals surface area contributed by atoms with E-state index in [1.807, 2.05) is 13.0 Å². The van der Waals surface area contributed by atoms with Gasteiger partial charge in [-0.3, -0.25) is 0 Å². The molecule has 78 valence electrons. The Morgan fingerprint density at radius 1 is 1.53 bits per heavy atom. The molecule has 0 bridgehead atoms. The van der Waals surface area contributed by atoms with E-state index in [1.165, 1.54) is 0 Å². The first kappa shape index (κ1) is 10.8. The van der Waals surface area contributed by atoms with E-state index in [2.05, 4.69) is 22.0 Å². The standard InChI is InChI=1S/C10H9AsClNO2/c1-6-2-3-7(12)9-8(6)10(13-15-9)14-5-4-11/h2-3H,4-5H2,1H3. The molecule has 0 saturated heterocycles. The molecule has 0 N–H and O–H groups in total. The van der Waals surface area contributed by atoms with Crippen molar-refractivity contribution in [3.8, 4) is 5.88 Å². The van der Waals surface area contributed by atoms with Gasteiger partial charge in [-0.2, -0.15) is 0 Å². The average molecular weight is 286 g/mol. The molecule has 2 aromatic rings. The summed E-state index contributed by atoms with van der Waals surface area (Å²) in [5, 5.41) is 6.17. The molecule has 0 amide bonds. The van der Waals surface area contributed by atoms with Crippen LogP contribution in [0.25, 0.3) is 11.0 Å². The molecular formula is C10H9AsClNO2. The summed E-state index contributed by atoms with van der Waals surface area (Å²) in [6.45, 7) is 2.58. The second-order valence-electron chi connectivity index (χ2n) is 3.13. The van der Waals surface area contributed by atoms with Crippen molar-refractivity contribution in [3.05, 3.63) is 22.7 Å². The molecule has 0 saturated carbocycles. The quantitative estimate of drug-likeness (QED) is 0.814. The maximum absolute atomic E-state index is 5.98. The van der Waals surface area contributed by atoms with Crippen molar-refractivity contribution in [2.75, 3.05) is 6.61 Å². The predicted molar refractivity (Wildman–Crippen MR) is 59.8 cm³/mol. The summed E-state index contributed by atoms with van der Waals surface area (Å²) in [5.74, 6) is 0.524. The van der Waals surface area contributed by atoms with Gasteiger partial charge in [-0.25, -0.2) is 0 Å². The van der Waals surface area contributed by atoms with Gasteiger partial charge in [0, 0.05) is 0 Å². The van der Waals surface area contributed by atoms with Crippen LogP contribution in [-0.4, -0.2) is 28.6 Å². The monoisotopic (exact) mass is 285 g/mol. The number of aromatic nitrogens is 1. The number of benzene rings is 1. The van der Waals surface area contributed by atoms with Gasteiger partial charge in [-0.15, -0.1) is 0 Å². The molecule has 0 fully saturated rings. The number of aryl methyl sites for hydroxylation is 1. The van der Waals surface area contributed by atoms with Crippen LogP contribution >= 0.6 is 11.6 Å². The van der Waals surface area contributed by atoms with Crippen LogP contribution in [0.1, 0.15) is 5.56 Å². The van der Waals surface area contributed by atoms with Crippen molar-refractivity contribution in [1.82, 2.24) is 5.16 Å². The number of hydrogen-bond donors (Lipinski definition) is 0. The Kier molecular flexibility index (Phi) is 3.22. The van der Waals surface area contributed by atoms with Gasteiger partial charge in [-0.1, -0.05) is 0 Å². The van der Waals surface area contributed by atoms with Gasteiger partial charge in [0.2, 0.25) is 0 Å². The molecule has 2 rings (SSSR count). The molecule has 0 spiro atoms. The van der Waals surface area contributed by atoms with Crippen LogP contribution < -0.4 is 4.74 Å². The van der Waals surface area contributed by atoms with Crippen molar-refractivity contribution >= 4 is 39.4 Å². The van der Waals surface area contributed by atoms with Crippen molar-refractivity contribution < 1.29 is 9.26 Å². The zero-order valence-electron chi connectivity index (χ0n) is 8.16. The molecule has 1 heterocycles. The van der Waals surface area contributed by atoms with Gasteiger partial charge >= 0.3 is 101 Å². The number of halogens is 1. The Hall–Kier alpha value is -0.662. The van der Waals surface area contributed by atoms with Crippen LogP contribution in [0.2, 0.25) is 10.2 Å². The molecule has 1 aromatic heterocycles. The second-order valence-corrected chi connectivity index (χ2v) is 4.47. The van der Waals surface area contributed by atoms with E-state index >= 15 is 0 Å². The van der Waals surface area contributed by atoms with Gasteiger partial charge in [0.05, 0.1) is 0 Å². The van der Waals surface area contributed by atoms with Crippen molar-refractivity contribution in [1.29, 1.82) is 0 Å². The van der Waals surface area contributed by atoms with E-state index in [-0.39, 0.29) is 0 Å². The Morgan fingerprint density at radius 3 is 3.07 bits per heavy atom. The van der Waals surface area contributed by atoms with Crippen LogP contribution in [0.15, 0.2) is 16.7 Å². The van der Waals surface area contributed by atoms with Gasteiger partial charge in [0.15, 0.2) is 0 Å². The molecule has 3 nitrogen and oxygen atoms in total. The Labute approximate surface area is 101 Å². The van der Waals surface area contributed by atoms with Gasteiger partial charge < -0.3 is 0 Å². The maximum atomic E-state index is 5.98. The van der Waals surface area contributed by atoms with Gasteiger partial charge in [0.1, 0.15) is 0 Å². The van der Waals surface area contributed by atoms with Crippen LogP contribution in [0.4, 0.5) is 0 Å². The third kappa shape index (κ3) is 1.99. The van der Waals surface area contributed by atoms with Crippen LogP contribution in [0, 0.1) is 6.92 Å². The van der Waals surface area contributed by atoms with E-state index in [0.717, 1.165) is 16.2 Å². The van der Waals surface area contributed by atoms with E-state index in [4.69, 9.17) is 20.9 Å². The fourth-order valence-electron chi connectivity index (χ4n) is 1.38. The number of ether oxygens (including phenoxy) is 1. The Morgan fingerprint density at radius 2 is 2.33 bits per heavy atom. The predicted octanol–water partition coefficient (Wildman–Crippen LogP) is 2.76. The van der Waals surface area contributed by atoms with E-state index in [1.54, 1.807) is 6.07 Å². The Balaban J connectivity index is 2.53. The minimum atomic E-state index is 0.524. The van der Waals surface area contributed by atoms with E-state index in [0.29, 0.717) is 23.1 Å². The van der Waals surface area contributed by atoms with Crippen LogP contribution in [-0.2, 0) is 0 Å². The molecular weight excluding hydrogens is 276 g/mol.